The van der Waals surface area contributed by atoms with Gasteiger partial charge in [-0.3, -0.25) is 4.99 Å². The number of hydrogen-bond donors (Lipinski definition) is 0. The highest BCUT2D eigenvalue weighted by Gasteiger charge is 1.94. The monoisotopic (exact) mass is 209 g/mol. The average molecular weight is 209 g/mol. The van der Waals surface area contributed by atoms with Crippen LogP contribution in [0.4, 0.5) is 0 Å². The van der Waals surface area contributed by atoms with Gasteiger partial charge >= 0.3 is 0 Å². The molecule has 0 saturated carbocycles. The molecule has 0 aromatic carbocycles. The number of nitrogens with zero attached hydrogens (tertiary/aromatic N) is 1. The van der Waals surface area contributed by atoms with Crippen LogP contribution >= 0.6 is 0 Å². The second-order valence-corrected chi connectivity index (χ2v) is 4.32. The van der Waals surface area contributed by atoms with Crippen molar-refractivity contribution in [3.63, 3.8) is 0 Å². The number of aliphatic imine (C=N–C) groups is 1. The summed E-state index contributed by atoms with van der Waals surface area (Å²) in [6.45, 7) is 11.6. The first-order valence-corrected chi connectivity index (χ1v) is 6.37. The van der Waals surface area contributed by atoms with E-state index in [1.807, 2.05) is 0 Å². The van der Waals surface area contributed by atoms with Gasteiger partial charge in [-0.2, -0.15) is 0 Å². The third-order valence-corrected chi connectivity index (χ3v) is 2.59. The van der Waals surface area contributed by atoms with Crippen molar-refractivity contribution in [3.8, 4) is 0 Å². The quantitative estimate of drug-likeness (QED) is 0.294. The summed E-state index contributed by atoms with van der Waals surface area (Å²) in [5, 5.41) is 0. The van der Waals surface area contributed by atoms with E-state index in [0.717, 1.165) is 19.4 Å². The Morgan fingerprint density at radius 1 is 1.00 bits per heavy atom. The van der Waals surface area contributed by atoms with Crippen LogP contribution in [0.1, 0.15) is 65.7 Å². The lowest BCUT2D eigenvalue weighted by molar-refractivity contribution is 0.698. The van der Waals surface area contributed by atoms with E-state index in [-0.39, 0.29) is 0 Å². The molecule has 15 heavy (non-hydrogen) atoms. The summed E-state index contributed by atoms with van der Waals surface area (Å²) < 4.78 is 0. The Balaban J connectivity index is 3.49. The summed E-state index contributed by atoms with van der Waals surface area (Å²) in [6.07, 6.45) is 8.53. The number of hydrogen-bond acceptors (Lipinski definition) is 1. The van der Waals surface area contributed by atoms with Crippen LogP contribution in [0.3, 0.4) is 0 Å². The van der Waals surface area contributed by atoms with Crippen molar-refractivity contribution in [1.29, 1.82) is 0 Å². The molecule has 1 heteroatoms. The Kier molecular flexibility index (Phi) is 9.55. The minimum Gasteiger partial charge on any atom is -0.294 e. The van der Waals surface area contributed by atoms with E-state index in [4.69, 9.17) is 0 Å². The fraction of sp³-hybridized carbons (Fsp3) is 0.786. The van der Waals surface area contributed by atoms with Gasteiger partial charge in [0.1, 0.15) is 0 Å². The van der Waals surface area contributed by atoms with Gasteiger partial charge < -0.3 is 0 Å². The average Bonchev–Trinajstić information content (AvgIpc) is 2.18. The lowest BCUT2D eigenvalue weighted by atomic mass is 10.1. The maximum atomic E-state index is 4.54. The summed E-state index contributed by atoms with van der Waals surface area (Å²) in [5.74, 6) is 0. The van der Waals surface area contributed by atoms with E-state index >= 15 is 0 Å². The standard InChI is InChI=1S/C14H27N/c1-5-7-8-10-13(3)11-12-15-14(4)9-6-2/h3,5-12H2,1-2,4H3. The Morgan fingerprint density at radius 2 is 1.73 bits per heavy atom. The zero-order chi connectivity index (χ0) is 11.5. The van der Waals surface area contributed by atoms with Crippen LogP contribution in [0.15, 0.2) is 17.1 Å². The topological polar surface area (TPSA) is 12.4 Å². The van der Waals surface area contributed by atoms with Gasteiger partial charge in [-0.1, -0.05) is 45.3 Å². The molecule has 0 heterocycles. The van der Waals surface area contributed by atoms with Crippen LogP contribution in [0, 0.1) is 0 Å². The van der Waals surface area contributed by atoms with Crippen molar-refractivity contribution < 1.29 is 0 Å². The molecule has 0 unspecified atom stereocenters. The summed E-state index contributed by atoms with van der Waals surface area (Å²) in [4.78, 5) is 4.54. The first kappa shape index (κ1) is 14.4. The summed E-state index contributed by atoms with van der Waals surface area (Å²) in [7, 11) is 0. The van der Waals surface area contributed by atoms with Crippen molar-refractivity contribution in [2.75, 3.05) is 6.54 Å². The third-order valence-electron chi connectivity index (χ3n) is 2.59. The highest BCUT2D eigenvalue weighted by molar-refractivity contribution is 5.81. The molecule has 0 aliphatic rings. The molecule has 88 valence electrons. The minimum atomic E-state index is 0.941. The molecule has 0 N–H and O–H groups in total. The van der Waals surface area contributed by atoms with Crippen LogP contribution in [0.25, 0.3) is 0 Å². The molecule has 0 radical (unpaired) electrons. The SMILES string of the molecule is C=C(CCCCC)CCN=C(C)CCC. The second kappa shape index (κ2) is 9.95. The first-order valence-electron chi connectivity index (χ1n) is 6.37. The van der Waals surface area contributed by atoms with Gasteiger partial charge in [-0.25, -0.2) is 0 Å². The molecular weight excluding hydrogens is 182 g/mol. The minimum absolute atomic E-state index is 0.941. The molecular formula is C14H27N. The fourth-order valence-electron chi connectivity index (χ4n) is 1.60. The first-order chi connectivity index (χ1) is 7.20. The highest BCUT2D eigenvalue weighted by atomic mass is 14.7. The van der Waals surface area contributed by atoms with E-state index < -0.39 is 0 Å². The molecule has 0 amide bonds. The van der Waals surface area contributed by atoms with Crippen molar-refractivity contribution in [2.24, 2.45) is 4.99 Å². The smallest absolute Gasteiger partial charge is 0.0425 e. The number of unbranched alkanes of at least 4 members (excludes halogenated alkanes) is 2. The summed E-state index contributed by atoms with van der Waals surface area (Å²) in [6, 6.07) is 0. The molecule has 0 aliphatic heterocycles. The maximum Gasteiger partial charge on any atom is 0.0425 e. The molecule has 0 aromatic heterocycles. The molecule has 0 saturated heterocycles. The Morgan fingerprint density at radius 3 is 2.33 bits per heavy atom. The van der Waals surface area contributed by atoms with Crippen molar-refractivity contribution in [3.05, 3.63) is 12.2 Å². The highest BCUT2D eigenvalue weighted by Crippen LogP contribution is 2.10. The second-order valence-electron chi connectivity index (χ2n) is 4.32. The third kappa shape index (κ3) is 9.71. The summed E-state index contributed by atoms with van der Waals surface area (Å²) in [5.41, 5.74) is 2.66. The number of rotatable bonds is 9. The van der Waals surface area contributed by atoms with Crippen molar-refractivity contribution >= 4 is 5.71 Å². The van der Waals surface area contributed by atoms with Gasteiger partial charge in [0.15, 0.2) is 0 Å². The van der Waals surface area contributed by atoms with E-state index in [1.165, 1.54) is 43.4 Å². The molecule has 0 rings (SSSR count). The van der Waals surface area contributed by atoms with Gasteiger partial charge in [-0.15, -0.1) is 0 Å². The summed E-state index contributed by atoms with van der Waals surface area (Å²) >= 11 is 0. The predicted molar refractivity (Wildman–Crippen MR) is 70.8 cm³/mol. The van der Waals surface area contributed by atoms with Gasteiger partial charge in [0.25, 0.3) is 0 Å². The molecule has 0 atom stereocenters. The molecule has 0 aromatic rings. The molecule has 1 nitrogen and oxygen atoms in total. The van der Waals surface area contributed by atoms with Crippen LogP contribution in [-0.2, 0) is 0 Å². The lowest BCUT2D eigenvalue weighted by Crippen LogP contribution is -1.94. The van der Waals surface area contributed by atoms with Gasteiger partial charge in [0, 0.05) is 12.3 Å². The van der Waals surface area contributed by atoms with Gasteiger partial charge in [0.05, 0.1) is 0 Å². The van der Waals surface area contributed by atoms with Crippen LogP contribution < -0.4 is 0 Å². The van der Waals surface area contributed by atoms with E-state index in [0.29, 0.717) is 0 Å². The van der Waals surface area contributed by atoms with Gasteiger partial charge in [-0.05, 0) is 32.6 Å². The Hall–Kier alpha value is -0.590. The van der Waals surface area contributed by atoms with Crippen molar-refractivity contribution in [2.45, 2.75) is 65.7 Å². The van der Waals surface area contributed by atoms with Crippen LogP contribution in [0.5, 0.6) is 0 Å². The Labute approximate surface area is 95.7 Å². The lowest BCUT2D eigenvalue weighted by Gasteiger charge is -2.03. The zero-order valence-corrected chi connectivity index (χ0v) is 10.8. The largest absolute Gasteiger partial charge is 0.294 e. The van der Waals surface area contributed by atoms with Crippen LogP contribution in [-0.4, -0.2) is 12.3 Å². The van der Waals surface area contributed by atoms with Gasteiger partial charge in [0.2, 0.25) is 0 Å². The van der Waals surface area contributed by atoms with E-state index in [2.05, 4.69) is 32.3 Å². The predicted octanol–water partition coefficient (Wildman–Crippen LogP) is 4.77. The molecule has 0 aliphatic carbocycles. The van der Waals surface area contributed by atoms with Crippen molar-refractivity contribution in [1.82, 2.24) is 0 Å². The Bertz CT molecular complexity index is 192. The zero-order valence-electron chi connectivity index (χ0n) is 10.8. The van der Waals surface area contributed by atoms with E-state index in [9.17, 15) is 0 Å². The van der Waals surface area contributed by atoms with E-state index in [1.54, 1.807) is 0 Å². The maximum absolute atomic E-state index is 4.54. The molecule has 0 spiro atoms. The molecule has 0 fully saturated rings. The normalized spacial score (nSPS) is 11.8. The van der Waals surface area contributed by atoms with Crippen LogP contribution in [0.2, 0.25) is 0 Å². The molecule has 0 bridgehead atoms. The fourth-order valence-corrected chi connectivity index (χ4v) is 1.60.